The molecule has 0 saturated carbocycles. The van der Waals surface area contributed by atoms with Crippen LogP contribution in [0.2, 0.25) is 0 Å². The highest BCUT2D eigenvalue weighted by atomic mass is 19.4. The van der Waals surface area contributed by atoms with Gasteiger partial charge in [-0.15, -0.1) is 0 Å². The molecule has 1 aromatic carbocycles. The lowest BCUT2D eigenvalue weighted by atomic mass is 10.0. The number of hydrogen-bond donors (Lipinski definition) is 0. The molecule has 2 nitrogen and oxygen atoms in total. The quantitative estimate of drug-likeness (QED) is 0.763. The minimum absolute atomic E-state index is 0.169. The maximum atomic E-state index is 12.5. The molecular weight excluding hydrogens is 243 g/mol. The van der Waals surface area contributed by atoms with Crippen LogP contribution in [0.5, 0.6) is 0 Å². The molecule has 0 bridgehead atoms. The van der Waals surface area contributed by atoms with E-state index in [0.29, 0.717) is 11.1 Å². The molecule has 0 radical (unpaired) electrons. The standard InChI is InChI=1S/C13H8F3NO/c14-13(15,16)12-11(8-18)6-10(7-17-12)9-4-2-1-3-5-9/h1-8H. The molecule has 5 heteroatoms. The van der Waals surface area contributed by atoms with Gasteiger partial charge in [0.1, 0.15) is 0 Å². The van der Waals surface area contributed by atoms with Crippen LogP contribution in [0, 0.1) is 0 Å². The summed E-state index contributed by atoms with van der Waals surface area (Å²) in [7, 11) is 0. The molecule has 0 aliphatic carbocycles. The third-order valence-corrected chi connectivity index (χ3v) is 2.42. The number of benzene rings is 1. The highest BCUT2D eigenvalue weighted by molar-refractivity contribution is 5.80. The maximum absolute atomic E-state index is 12.5. The predicted molar refractivity (Wildman–Crippen MR) is 60.1 cm³/mol. The summed E-state index contributed by atoms with van der Waals surface area (Å²) >= 11 is 0. The fraction of sp³-hybridized carbons (Fsp3) is 0.0769. The predicted octanol–water partition coefficient (Wildman–Crippen LogP) is 3.58. The zero-order valence-corrected chi connectivity index (χ0v) is 9.11. The average Bonchev–Trinajstić information content (AvgIpc) is 2.38. The number of carbonyl (C=O) groups excluding carboxylic acids is 1. The van der Waals surface area contributed by atoms with E-state index in [1.165, 1.54) is 6.07 Å². The number of pyridine rings is 1. The van der Waals surface area contributed by atoms with Gasteiger partial charge in [-0.05, 0) is 11.6 Å². The fourth-order valence-corrected chi connectivity index (χ4v) is 1.60. The Balaban J connectivity index is 2.52. The van der Waals surface area contributed by atoms with Crippen LogP contribution in [0.4, 0.5) is 13.2 Å². The summed E-state index contributed by atoms with van der Waals surface area (Å²) in [4.78, 5) is 14.1. The first-order valence-electron chi connectivity index (χ1n) is 5.10. The molecule has 0 amide bonds. The molecule has 0 fully saturated rings. The van der Waals surface area contributed by atoms with Crippen molar-refractivity contribution in [3.63, 3.8) is 0 Å². The van der Waals surface area contributed by atoms with Gasteiger partial charge in [-0.1, -0.05) is 30.3 Å². The number of halogens is 3. The fourth-order valence-electron chi connectivity index (χ4n) is 1.60. The van der Waals surface area contributed by atoms with E-state index in [1.807, 2.05) is 0 Å². The van der Waals surface area contributed by atoms with Gasteiger partial charge in [0.15, 0.2) is 12.0 Å². The van der Waals surface area contributed by atoms with Gasteiger partial charge in [0, 0.05) is 17.3 Å². The summed E-state index contributed by atoms with van der Waals surface area (Å²) in [5.74, 6) is 0. The Morgan fingerprint density at radius 3 is 2.28 bits per heavy atom. The van der Waals surface area contributed by atoms with Crippen LogP contribution >= 0.6 is 0 Å². The van der Waals surface area contributed by atoms with E-state index in [-0.39, 0.29) is 6.29 Å². The summed E-state index contributed by atoms with van der Waals surface area (Å²) in [6.45, 7) is 0. The summed E-state index contributed by atoms with van der Waals surface area (Å²) in [5, 5.41) is 0. The topological polar surface area (TPSA) is 30.0 Å². The minimum Gasteiger partial charge on any atom is -0.298 e. The van der Waals surface area contributed by atoms with Gasteiger partial charge < -0.3 is 0 Å². The van der Waals surface area contributed by atoms with Crippen LogP contribution in [0.25, 0.3) is 11.1 Å². The van der Waals surface area contributed by atoms with Crippen LogP contribution < -0.4 is 0 Å². The van der Waals surface area contributed by atoms with Crippen molar-refractivity contribution in [1.29, 1.82) is 0 Å². The molecule has 0 N–H and O–H groups in total. The largest absolute Gasteiger partial charge is 0.434 e. The van der Waals surface area contributed by atoms with Gasteiger partial charge in [0.05, 0.1) is 0 Å². The Kier molecular flexibility index (Phi) is 3.14. The molecule has 0 aliphatic heterocycles. The number of hydrogen-bond acceptors (Lipinski definition) is 2. The van der Waals surface area contributed by atoms with E-state index in [1.54, 1.807) is 30.3 Å². The van der Waals surface area contributed by atoms with E-state index in [2.05, 4.69) is 4.98 Å². The van der Waals surface area contributed by atoms with Gasteiger partial charge in [-0.25, -0.2) is 0 Å². The van der Waals surface area contributed by atoms with Crippen LogP contribution in [-0.2, 0) is 6.18 Å². The molecule has 0 spiro atoms. The second-order valence-electron chi connectivity index (χ2n) is 3.64. The SMILES string of the molecule is O=Cc1cc(-c2ccccc2)cnc1C(F)(F)F. The smallest absolute Gasteiger partial charge is 0.298 e. The average molecular weight is 251 g/mol. The molecule has 92 valence electrons. The molecule has 0 saturated heterocycles. The Morgan fingerprint density at radius 1 is 1.06 bits per heavy atom. The number of rotatable bonds is 2. The van der Waals surface area contributed by atoms with Crippen LogP contribution in [0.1, 0.15) is 16.1 Å². The molecule has 2 aromatic rings. The molecule has 0 unspecified atom stereocenters. The van der Waals surface area contributed by atoms with Crippen molar-refractivity contribution >= 4 is 6.29 Å². The van der Waals surface area contributed by atoms with Crippen molar-refractivity contribution in [2.45, 2.75) is 6.18 Å². The zero-order chi connectivity index (χ0) is 13.2. The van der Waals surface area contributed by atoms with Crippen LogP contribution in [0.15, 0.2) is 42.6 Å². The second-order valence-corrected chi connectivity index (χ2v) is 3.64. The third-order valence-electron chi connectivity index (χ3n) is 2.42. The van der Waals surface area contributed by atoms with Gasteiger partial charge in [-0.3, -0.25) is 9.78 Å². The Hall–Kier alpha value is -2.17. The van der Waals surface area contributed by atoms with Gasteiger partial charge in [0.2, 0.25) is 0 Å². The molecule has 0 atom stereocenters. The summed E-state index contributed by atoms with van der Waals surface area (Å²) in [6, 6.07) is 9.97. The van der Waals surface area contributed by atoms with E-state index in [4.69, 9.17) is 0 Å². The lowest BCUT2D eigenvalue weighted by Crippen LogP contribution is -2.11. The van der Waals surface area contributed by atoms with Crippen molar-refractivity contribution in [2.75, 3.05) is 0 Å². The Labute approximate surface area is 101 Å². The van der Waals surface area contributed by atoms with E-state index >= 15 is 0 Å². The van der Waals surface area contributed by atoms with Crippen molar-refractivity contribution < 1.29 is 18.0 Å². The monoisotopic (exact) mass is 251 g/mol. The molecule has 1 aromatic heterocycles. The van der Waals surface area contributed by atoms with Gasteiger partial charge in [0.25, 0.3) is 0 Å². The highest BCUT2D eigenvalue weighted by Crippen LogP contribution is 2.31. The Bertz CT molecular complexity index is 564. The number of alkyl halides is 3. The Morgan fingerprint density at radius 2 is 1.72 bits per heavy atom. The summed E-state index contributed by atoms with van der Waals surface area (Å²) < 4.78 is 37.6. The summed E-state index contributed by atoms with van der Waals surface area (Å²) in [6.07, 6.45) is -3.33. The van der Waals surface area contributed by atoms with E-state index in [0.717, 1.165) is 6.20 Å². The second kappa shape index (κ2) is 4.60. The first kappa shape index (κ1) is 12.3. The summed E-state index contributed by atoms with van der Waals surface area (Å²) in [5.41, 5.74) is -0.423. The molecule has 2 rings (SSSR count). The van der Waals surface area contributed by atoms with E-state index in [9.17, 15) is 18.0 Å². The van der Waals surface area contributed by atoms with Crippen molar-refractivity contribution in [2.24, 2.45) is 0 Å². The van der Waals surface area contributed by atoms with Gasteiger partial charge >= 0.3 is 6.18 Å². The third kappa shape index (κ3) is 2.40. The molecular formula is C13H8F3NO. The molecule has 18 heavy (non-hydrogen) atoms. The zero-order valence-electron chi connectivity index (χ0n) is 9.11. The normalized spacial score (nSPS) is 11.3. The van der Waals surface area contributed by atoms with E-state index < -0.39 is 17.4 Å². The lowest BCUT2D eigenvalue weighted by Gasteiger charge is -2.09. The maximum Gasteiger partial charge on any atom is 0.434 e. The van der Waals surface area contributed by atoms with Crippen molar-refractivity contribution in [1.82, 2.24) is 4.98 Å². The number of aldehydes is 1. The van der Waals surface area contributed by atoms with Crippen molar-refractivity contribution in [3.05, 3.63) is 53.9 Å². The van der Waals surface area contributed by atoms with Crippen LogP contribution in [-0.4, -0.2) is 11.3 Å². The number of nitrogens with zero attached hydrogens (tertiary/aromatic N) is 1. The minimum atomic E-state index is -4.62. The van der Waals surface area contributed by atoms with Gasteiger partial charge in [-0.2, -0.15) is 13.2 Å². The lowest BCUT2D eigenvalue weighted by molar-refractivity contribution is -0.141. The van der Waals surface area contributed by atoms with Crippen molar-refractivity contribution in [3.8, 4) is 11.1 Å². The number of aromatic nitrogens is 1. The number of carbonyl (C=O) groups is 1. The first-order valence-corrected chi connectivity index (χ1v) is 5.10. The highest BCUT2D eigenvalue weighted by Gasteiger charge is 2.35. The molecule has 0 aliphatic rings. The first-order chi connectivity index (χ1) is 8.52. The molecule has 1 heterocycles. The van der Waals surface area contributed by atoms with Crippen LogP contribution in [0.3, 0.4) is 0 Å².